The molecule has 2 rings (SSSR count). The Kier molecular flexibility index (Phi) is 3.38. The molecule has 0 amide bonds. The molecule has 1 atom stereocenters. The zero-order chi connectivity index (χ0) is 12.5. The highest BCUT2D eigenvalue weighted by atomic mass is 19.1. The second-order valence-corrected chi connectivity index (χ2v) is 5.80. The summed E-state index contributed by atoms with van der Waals surface area (Å²) >= 11 is 0. The van der Waals surface area contributed by atoms with E-state index in [1.54, 1.807) is 6.07 Å². The molecule has 0 aliphatic heterocycles. The zero-order valence-corrected chi connectivity index (χ0v) is 10.6. The number of nitrogens with one attached hydrogen (secondary N) is 1. The molecule has 0 saturated heterocycles. The lowest BCUT2D eigenvalue weighted by Crippen LogP contribution is -2.27. The summed E-state index contributed by atoms with van der Waals surface area (Å²) < 4.78 is 13.3. The first kappa shape index (κ1) is 12.4. The Labute approximate surface area is 102 Å². The lowest BCUT2D eigenvalue weighted by Gasteiger charge is -2.18. The monoisotopic (exact) mass is 236 g/mol. The van der Waals surface area contributed by atoms with E-state index in [0.29, 0.717) is 18.0 Å². The van der Waals surface area contributed by atoms with Crippen LogP contribution in [0.2, 0.25) is 0 Å². The Morgan fingerprint density at radius 3 is 2.88 bits per heavy atom. The van der Waals surface area contributed by atoms with E-state index in [4.69, 9.17) is 5.73 Å². The van der Waals surface area contributed by atoms with E-state index < -0.39 is 0 Å². The quantitative estimate of drug-likeness (QED) is 0.791. The van der Waals surface area contributed by atoms with Crippen molar-refractivity contribution in [1.29, 1.82) is 0 Å². The summed E-state index contributed by atoms with van der Waals surface area (Å²) in [5.41, 5.74) is 7.27. The molecule has 1 aromatic rings. The van der Waals surface area contributed by atoms with Crippen LogP contribution in [0.3, 0.4) is 0 Å². The highest BCUT2D eigenvalue weighted by Gasteiger charge is 2.30. The van der Waals surface area contributed by atoms with Gasteiger partial charge >= 0.3 is 0 Å². The standard InChI is InChI=1S/C14H21FN2/c1-14(2)7-6-11(8-14)17-9-10-4-3-5-12(15)13(10)16/h3-5,11,17H,6-9,16H2,1-2H3. The summed E-state index contributed by atoms with van der Waals surface area (Å²) in [6.07, 6.45) is 3.63. The summed E-state index contributed by atoms with van der Waals surface area (Å²) in [5.74, 6) is -0.323. The van der Waals surface area contributed by atoms with Gasteiger partial charge in [-0.05, 0) is 36.3 Å². The van der Waals surface area contributed by atoms with Crippen molar-refractivity contribution in [3.63, 3.8) is 0 Å². The van der Waals surface area contributed by atoms with E-state index in [1.807, 2.05) is 6.07 Å². The summed E-state index contributed by atoms with van der Waals surface area (Å²) in [4.78, 5) is 0. The fourth-order valence-electron chi connectivity index (χ4n) is 2.60. The van der Waals surface area contributed by atoms with Crippen LogP contribution >= 0.6 is 0 Å². The van der Waals surface area contributed by atoms with Gasteiger partial charge in [-0.3, -0.25) is 0 Å². The number of halogens is 1. The van der Waals surface area contributed by atoms with E-state index in [-0.39, 0.29) is 11.5 Å². The van der Waals surface area contributed by atoms with Gasteiger partial charge in [-0.1, -0.05) is 26.0 Å². The topological polar surface area (TPSA) is 38.0 Å². The maximum atomic E-state index is 13.3. The molecule has 1 fully saturated rings. The van der Waals surface area contributed by atoms with Gasteiger partial charge in [0.25, 0.3) is 0 Å². The Morgan fingerprint density at radius 2 is 2.24 bits per heavy atom. The van der Waals surface area contributed by atoms with Gasteiger partial charge in [0.15, 0.2) is 0 Å². The molecule has 1 aliphatic rings. The molecule has 0 heterocycles. The second-order valence-electron chi connectivity index (χ2n) is 5.80. The maximum Gasteiger partial charge on any atom is 0.146 e. The molecule has 3 heteroatoms. The number of hydrogen-bond donors (Lipinski definition) is 2. The maximum absolute atomic E-state index is 13.3. The number of nitrogens with two attached hydrogens (primary N) is 1. The van der Waals surface area contributed by atoms with Crippen molar-refractivity contribution >= 4 is 5.69 Å². The minimum Gasteiger partial charge on any atom is -0.396 e. The molecule has 3 N–H and O–H groups in total. The van der Waals surface area contributed by atoms with Crippen molar-refractivity contribution in [3.8, 4) is 0 Å². The Hall–Kier alpha value is -1.09. The van der Waals surface area contributed by atoms with Crippen LogP contribution < -0.4 is 11.1 Å². The Balaban J connectivity index is 1.93. The summed E-state index contributed by atoms with van der Waals surface area (Å²) in [6, 6.07) is 5.53. The zero-order valence-electron chi connectivity index (χ0n) is 10.6. The van der Waals surface area contributed by atoms with Crippen molar-refractivity contribution in [1.82, 2.24) is 5.32 Å². The van der Waals surface area contributed by atoms with Gasteiger partial charge in [-0.2, -0.15) is 0 Å². The Bertz CT molecular complexity index is 401. The van der Waals surface area contributed by atoms with Gasteiger partial charge in [-0.15, -0.1) is 0 Å². The normalized spacial score (nSPS) is 22.9. The van der Waals surface area contributed by atoms with Crippen LogP contribution in [0.1, 0.15) is 38.7 Å². The molecule has 17 heavy (non-hydrogen) atoms. The SMILES string of the molecule is CC1(C)CCC(NCc2cccc(F)c2N)C1. The highest BCUT2D eigenvalue weighted by molar-refractivity contribution is 5.47. The number of para-hydroxylation sites is 1. The lowest BCUT2D eigenvalue weighted by molar-refractivity contribution is 0.364. The third-order valence-electron chi connectivity index (χ3n) is 3.69. The van der Waals surface area contributed by atoms with Crippen LogP contribution in [0, 0.1) is 11.2 Å². The summed E-state index contributed by atoms with van der Waals surface area (Å²) in [6.45, 7) is 5.25. The summed E-state index contributed by atoms with van der Waals surface area (Å²) in [7, 11) is 0. The first-order valence-electron chi connectivity index (χ1n) is 6.24. The molecule has 2 nitrogen and oxygen atoms in total. The molecular formula is C14H21FN2. The average Bonchev–Trinajstić information content (AvgIpc) is 2.61. The first-order chi connectivity index (χ1) is 7.98. The second kappa shape index (κ2) is 4.65. The van der Waals surface area contributed by atoms with Crippen LogP contribution in [0.4, 0.5) is 10.1 Å². The first-order valence-corrected chi connectivity index (χ1v) is 6.24. The van der Waals surface area contributed by atoms with E-state index in [0.717, 1.165) is 5.56 Å². The van der Waals surface area contributed by atoms with Crippen LogP contribution in [0.25, 0.3) is 0 Å². The smallest absolute Gasteiger partial charge is 0.146 e. The predicted octanol–water partition coefficient (Wildman–Crippen LogP) is 3.08. The number of anilines is 1. The predicted molar refractivity (Wildman–Crippen MR) is 69.1 cm³/mol. The minimum atomic E-state index is -0.323. The van der Waals surface area contributed by atoms with Gasteiger partial charge < -0.3 is 11.1 Å². The van der Waals surface area contributed by atoms with E-state index in [1.165, 1.54) is 25.3 Å². The van der Waals surface area contributed by atoms with Gasteiger partial charge in [0.1, 0.15) is 5.82 Å². The van der Waals surface area contributed by atoms with E-state index in [9.17, 15) is 4.39 Å². The van der Waals surface area contributed by atoms with Gasteiger partial charge in [0.2, 0.25) is 0 Å². The molecule has 0 spiro atoms. The molecule has 94 valence electrons. The van der Waals surface area contributed by atoms with Crippen LogP contribution in [-0.4, -0.2) is 6.04 Å². The van der Waals surface area contributed by atoms with Gasteiger partial charge in [0, 0.05) is 12.6 Å². The number of hydrogen-bond acceptors (Lipinski definition) is 2. The fourth-order valence-corrected chi connectivity index (χ4v) is 2.60. The molecule has 1 saturated carbocycles. The number of rotatable bonds is 3. The average molecular weight is 236 g/mol. The molecule has 1 aromatic carbocycles. The third kappa shape index (κ3) is 2.97. The van der Waals surface area contributed by atoms with Crippen LogP contribution in [0.5, 0.6) is 0 Å². The van der Waals surface area contributed by atoms with Crippen molar-refractivity contribution < 1.29 is 4.39 Å². The molecule has 1 unspecified atom stereocenters. The molecule has 0 bridgehead atoms. The number of nitrogen functional groups attached to an aromatic ring is 1. The molecular weight excluding hydrogens is 215 g/mol. The van der Waals surface area contributed by atoms with Crippen molar-refractivity contribution in [3.05, 3.63) is 29.6 Å². The largest absolute Gasteiger partial charge is 0.396 e. The fraction of sp³-hybridized carbons (Fsp3) is 0.571. The van der Waals surface area contributed by atoms with Crippen molar-refractivity contribution in [2.75, 3.05) is 5.73 Å². The van der Waals surface area contributed by atoms with Crippen molar-refractivity contribution in [2.45, 2.75) is 45.7 Å². The van der Waals surface area contributed by atoms with Crippen LogP contribution in [0.15, 0.2) is 18.2 Å². The highest BCUT2D eigenvalue weighted by Crippen LogP contribution is 2.37. The minimum absolute atomic E-state index is 0.275. The number of benzene rings is 1. The van der Waals surface area contributed by atoms with Gasteiger partial charge in [-0.25, -0.2) is 4.39 Å². The third-order valence-corrected chi connectivity index (χ3v) is 3.69. The van der Waals surface area contributed by atoms with Crippen molar-refractivity contribution in [2.24, 2.45) is 5.41 Å². The lowest BCUT2D eigenvalue weighted by atomic mass is 9.92. The van der Waals surface area contributed by atoms with Gasteiger partial charge in [0.05, 0.1) is 5.69 Å². The van der Waals surface area contributed by atoms with E-state index in [2.05, 4.69) is 19.2 Å². The Morgan fingerprint density at radius 1 is 1.47 bits per heavy atom. The molecule has 1 aliphatic carbocycles. The van der Waals surface area contributed by atoms with E-state index >= 15 is 0 Å². The summed E-state index contributed by atoms with van der Waals surface area (Å²) in [5, 5.41) is 3.47. The van der Waals surface area contributed by atoms with Crippen LogP contribution in [-0.2, 0) is 6.54 Å². The molecule has 0 radical (unpaired) electrons. The molecule has 0 aromatic heterocycles.